The van der Waals surface area contributed by atoms with Crippen LogP contribution in [0.2, 0.25) is 0 Å². The first-order valence-electron chi connectivity index (χ1n) is 7.42. The van der Waals surface area contributed by atoms with Crippen molar-refractivity contribution in [3.63, 3.8) is 0 Å². The minimum absolute atomic E-state index is 0.104. The molecule has 0 spiro atoms. The maximum Gasteiger partial charge on any atom is 0.231 e. The highest BCUT2D eigenvalue weighted by Gasteiger charge is 2.24. The molecule has 2 aliphatic heterocycles. The predicted octanol–water partition coefficient (Wildman–Crippen LogP) is 1.20. The summed E-state index contributed by atoms with van der Waals surface area (Å²) in [4.78, 5) is 15.8. The number of carbonyl (C=O) groups is 1. The fraction of sp³-hybridized carbons (Fsp3) is 0.562. The Kier molecular flexibility index (Phi) is 3.76. The van der Waals surface area contributed by atoms with Crippen LogP contribution in [0.4, 0.5) is 5.69 Å². The number of carbonyl (C=O) groups excluding carboxylic acids is 1. The number of nitrogens with zero attached hydrogens (tertiary/aromatic N) is 2. The molecule has 0 unspecified atom stereocenters. The molecule has 0 bridgehead atoms. The average Bonchev–Trinajstić information content (AvgIpc) is 2.73. The monoisotopic (exact) mass is 274 g/mol. The van der Waals surface area contributed by atoms with E-state index in [0.29, 0.717) is 6.42 Å². The standard InChI is InChI=1S/C16H22N2O2/c1-17-15-3-2-12(10-13(15)11-16(17)20)4-7-18-8-5-14(19)6-9-18/h2-3,10,14,19H,4-9,11H2,1H3. The fourth-order valence-electron chi connectivity index (χ4n) is 3.11. The van der Waals surface area contributed by atoms with E-state index in [1.807, 2.05) is 7.05 Å². The third-order valence-corrected chi connectivity index (χ3v) is 4.49. The second-order valence-electron chi connectivity index (χ2n) is 5.92. The number of anilines is 1. The number of aliphatic hydroxyl groups is 1. The summed E-state index contributed by atoms with van der Waals surface area (Å²) >= 11 is 0. The minimum Gasteiger partial charge on any atom is -0.393 e. The third-order valence-electron chi connectivity index (χ3n) is 4.49. The lowest BCUT2D eigenvalue weighted by Gasteiger charge is -2.29. The van der Waals surface area contributed by atoms with Crippen molar-refractivity contribution in [2.45, 2.75) is 31.8 Å². The zero-order chi connectivity index (χ0) is 14.1. The van der Waals surface area contributed by atoms with Gasteiger partial charge in [-0.25, -0.2) is 0 Å². The Morgan fingerprint density at radius 3 is 2.80 bits per heavy atom. The number of benzene rings is 1. The second kappa shape index (κ2) is 5.54. The van der Waals surface area contributed by atoms with E-state index in [4.69, 9.17) is 0 Å². The molecular weight excluding hydrogens is 252 g/mol. The van der Waals surface area contributed by atoms with Gasteiger partial charge in [0.15, 0.2) is 0 Å². The molecule has 0 aromatic heterocycles. The lowest BCUT2D eigenvalue weighted by Crippen LogP contribution is -2.37. The van der Waals surface area contributed by atoms with Crippen LogP contribution < -0.4 is 4.90 Å². The lowest BCUT2D eigenvalue weighted by molar-refractivity contribution is -0.117. The Labute approximate surface area is 120 Å². The summed E-state index contributed by atoms with van der Waals surface area (Å²) in [5, 5.41) is 9.50. The summed E-state index contributed by atoms with van der Waals surface area (Å²) in [7, 11) is 1.84. The van der Waals surface area contributed by atoms with Crippen LogP contribution in [0.15, 0.2) is 18.2 Å². The van der Waals surface area contributed by atoms with Gasteiger partial charge in [0.2, 0.25) is 5.91 Å². The van der Waals surface area contributed by atoms with Crippen molar-refractivity contribution < 1.29 is 9.90 Å². The number of hydrogen-bond acceptors (Lipinski definition) is 3. The fourth-order valence-corrected chi connectivity index (χ4v) is 3.11. The molecule has 1 fully saturated rings. The number of piperidine rings is 1. The first-order chi connectivity index (χ1) is 9.63. The number of hydrogen-bond donors (Lipinski definition) is 1. The molecule has 2 aliphatic rings. The lowest BCUT2D eigenvalue weighted by atomic mass is 10.0. The smallest absolute Gasteiger partial charge is 0.231 e. The number of likely N-dealkylation sites (N-methyl/N-ethyl adjacent to an activating group) is 1. The van der Waals surface area contributed by atoms with E-state index in [0.717, 1.165) is 50.1 Å². The quantitative estimate of drug-likeness (QED) is 0.901. The van der Waals surface area contributed by atoms with Crippen LogP contribution in [0.5, 0.6) is 0 Å². The van der Waals surface area contributed by atoms with Crippen molar-refractivity contribution in [3.8, 4) is 0 Å². The van der Waals surface area contributed by atoms with Gasteiger partial charge in [0, 0.05) is 32.4 Å². The van der Waals surface area contributed by atoms with Crippen LogP contribution in [0, 0.1) is 0 Å². The highest BCUT2D eigenvalue weighted by molar-refractivity contribution is 6.00. The van der Waals surface area contributed by atoms with Gasteiger partial charge in [-0.05, 0) is 36.5 Å². The molecule has 0 radical (unpaired) electrons. The number of likely N-dealkylation sites (tertiary alicyclic amines) is 1. The van der Waals surface area contributed by atoms with Crippen LogP contribution in [-0.2, 0) is 17.6 Å². The average molecular weight is 274 g/mol. The molecule has 3 rings (SSSR count). The topological polar surface area (TPSA) is 43.8 Å². The summed E-state index contributed by atoms with van der Waals surface area (Å²) in [6.45, 7) is 3.02. The third kappa shape index (κ3) is 2.72. The molecule has 108 valence electrons. The summed E-state index contributed by atoms with van der Waals surface area (Å²) in [5.41, 5.74) is 3.52. The van der Waals surface area contributed by atoms with Crippen molar-refractivity contribution >= 4 is 11.6 Å². The van der Waals surface area contributed by atoms with Gasteiger partial charge >= 0.3 is 0 Å². The van der Waals surface area contributed by atoms with Crippen LogP contribution in [0.25, 0.3) is 0 Å². The number of amides is 1. The van der Waals surface area contributed by atoms with Gasteiger partial charge in [-0.3, -0.25) is 4.79 Å². The highest BCUT2D eigenvalue weighted by atomic mass is 16.3. The minimum atomic E-state index is -0.104. The molecule has 0 aliphatic carbocycles. The van der Waals surface area contributed by atoms with Crippen LogP contribution in [-0.4, -0.2) is 48.7 Å². The second-order valence-corrected chi connectivity index (χ2v) is 5.92. The molecule has 1 N–H and O–H groups in total. The zero-order valence-electron chi connectivity index (χ0n) is 12.0. The van der Waals surface area contributed by atoms with Gasteiger partial charge < -0.3 is 14.9 Å². The van der Waals surface area contributed by atoms with E-state index in [9.17, 15) is 9.90 Å². The van der Waals surface area contributed by atoms with Gasteiger partial charge in [-0.2, -0.15) is 0 Å². The van der Waals surface area contributed by atoms with Crippen LogP contribution >= 0.6 is 0 Å². The molecule has 4 nitrogen and oxygen atoms in total. The Bertz CT molecular complexity index is 507. The van der Waals surface area contributed by atoms with Crippen molar-refractivity contribution in [1.29, 1.82) is 0 Å². The first kappa shape index (κ1) is 13.6. The summed E-state index contributed by atoms with van der Waals surface area (Å²) < 4.78 is 0. The Hall–Kier alpha value is -1.39. The molecule has 2 heterocycles. The first-order valence-corrected chi connectivity index (χ1v) is 7.42. The molecule has 1 amide bonds. The van der Waals surface area contributed by atoms with E-state index >= 15 is 0 Å². The van der Waals surface area contributed by atoms with Gasteiger partial charge in [0.05, 0.1) is 12.5 Å². The number of rotatable bonds is 3. The normalized spacial score (nSPS) is 20.5. The molecule has 4 heteroatoms. The van der Waals surface area contributed by atoms with Crippen LogP contribution in [0.3, 0.4) is 0 Å². The van der Waals surface area contributed by atoms with Crippen LogP contribution in [0.1, 0.15) is 24.0 Å². The highest BCUT2D eigenvalue weighted by Crippen LogP contribution is 2.28. The maximum absolute atomic E-state index is 11.7. The van der Waals surface area contributed by atoms with Gasteiger partial charge in [-0.15, -0.1) is 0 Å². The van der Waals surface area contributed by atoms with Gasteiger partial charge in [0.1, 0.15) is 0 Å². The van der Waals surface area contributed by atoms with Crippen molar-refractivity contribution in [3.05, 3.63) is 29.3 Å². The zero-order valence-corrected chi connectivity index (χ0v) is 12.0. The van der Waals surface area contributed by atoms with E-state index in [1.165, 1.54) is 5.56 Å². The summed E-state index contributed by atoms with van der Waals surface area (Å²) in [5.74, 6) is 0.183. The van der Waals surface area contributed by atoms with E-state index in [1.54, 1.807) is 4.90 Å². The summed E-state index contributed by atoms with van der Waals surface area (Å²) in [6, 6.07) is 6.37. The maximum atomic E-state index is 11.7. The Balaban J connectivity index is 1.59. The number of fused-ring (bicyclic) bond motifs is 1. The number of aliphatic hydroxyl groups excluding tert-OH is 1. The molecular formula is C16H22N2O2. The van der Waals surface area contributed by atoms with E-state index in [2.05, 4.69) is 23.1 Å². The molecule has 1 aromatic rings. The van der Waals surface area contributed by atoms with E-state index in [-0.39, 0.29) is 12.0 Å². The molecule has 0 atom stereocenters. The Morgan fingerprint density at radius 1 is 1.30 bits per heavy atom. The van der Waals surface area contributed by atoms with Crippen molar-refractivity contribution in [1.82, 2.24) is 4.90 Å². The Morgan fingerprint density at radius 2 is 2.05 bits per heavy atom. The molecule has 1 saturated heterocycles. The van der Waals surface area contributed by atoms with Gasteiger partial charge in [0.25, 0.3) is 0 Å². The SMILES string of the molecule is CN1C(=O)Cc2cc(CCN3CCC(O)CC3)ccc21. The molecule has 20 heavy (non-hydrogen) atoms. The van der Waals surface area contributed by atoms with Gasteiger partial charge in [-0.1, -0.05) is 12.1 Å². The summed E-state index contributed by atoms with van der Waals surface area (Å²) in [6.07, 6.45) is 3.23. The predicted molar refractivity (Wildman–Crippen MR) is 78.9 cm³/mol. The van der Waals surface area contributed by atoms with E-state index < -0.39 is 0 Å². The molecule has 0 saturated carbocycles. The van der Waals surface area contributed by atoms with Crippen molar-refractivity contribution in [2.75, 3.05) is 31.6 Å². The molecule has 1 aromatic carbocycles. The largest absolute Gasteiger partial charge is 0.393 e. The van der Waals surface area contributed by atoms with Crippen molar-refractivity contribution in [2.24, 2.45) is 0 Å².